The van der Waals surface area contributed by atoms with Gasteiger partial charge in [0.1, 0.15) is 6.10 Å². The first kappa shape index (κ1) is 57.6. The van der Waals surface area contributed by atoms with E-state index in [1.54, 1.807) is 0 Å². The van der Waals surface area contributed by atoms with Crippen LogP contribution >= 0.6 is 0 Å². The van der Waals surface area contributed by atoms with Gasteiger partial charge in [-0.2, -0.15) is 0 Å². The lowest BCUT2D eigenvalue weighted by atomic mass is 10.0. The van der Waals surface area contributed by atoms with Crippen LogP contribution in [0.3, 0.4) is 0 Å². The number of esters is 1. The standard InChI is InChI=1S/C54H97NO5/c1-4-7-10-13-16-19-22-24-25-26-27-28-30-32-35-38-41-44-47-54(59)60-50(45-42-39-36-33-31-29-23-20-17-14-11-8-5-2)48-53(58)55-51(49-56)52(57)46-43-40-37-34-21-18-15-12-9-6-3/h16,19-20,22-28,50-52,56-57H,4-15,17-18,21,29-49H2,1-3H3,(H,55,58)/b19-16+,23-20-,24-22+,26-25+,28-27+. The molecule has 348 valence electrons. The topological polar surface area (TPSA) is 95.9 Å². The summed E-state index contributed by atoms with van der Waals surface area (Å²) in [7, 11) is 0. The minimum Gasteiger partial charge on any atom is -0.462 e. The zero-order chi connectivity index (χ0) is 43.8. The number of rotatable bonds is 45. The second-order valence-electron chi connectivity index (χ2n) is 17.3. The Morgan fingerprint density at radius 2 is 0.867 bits per heavy atom. The minimum atomic E-state index is -0.794. The monoisotopic (exact) mass is 840 g/mol. The zero-order valence-electron chi connectivity index (χ0n) is 39.6. The lowest BCUT2D eigenvalue weighted by Gasteiger charge is -2.24. The highest BCUT2D eigenvalue weighted by Crippen LogP contribution is 2.17. The smallest absolute Gasteiger partial charge is 0.306 e. The van der Waals surface area contributed by atoms with Crippen molar-refractivity contribution in [3.63, 3.8) is 0 Å². The molecule has 0 bridgehead atoms. The van der Waals surface area contributed by atoms with Crippen molar-refractivity contribution in [1.82, 2.24) is 5.32 Å². The van der Waals surface area contributed by atoms with Crippen molar-refractivity contribution in [2.24, 2.45) is 0 Å². The van der Waals surface area contributed by atoms with Gasteiger partial charge in [0.15, 0.2) is 0 Å². The Morgan fingerprint density at radius 1 is 0.483 bits per heavy atom. The largest absolute Gasteiger partial charge is 0.462 e. The minimum absolute atomic E-state index is 0.0609. The van der Waals surface area contributed by atoms with E-state index in [9.17, 15) is 19.8 Å². The Bertz CT molecular complexity index is 1080. The number of amides is 1. The summed E-state index contributed by atoms with van der Waals surface area (Å²) in [5, 5.41) is 23.7. The summed E-state index contributed by atoms with van der Waals surface area (Å²) in [4.78, 5) is 26.1. The van der Waals surface area contributed by atoms with Crippen molar-refractivity contribution < 1.29 is 24.5 Å². The van der Waals surface area contributed by atoms with E-state index in [-0.39, 0.29) is 24.9 Å². The number of hydrogen-bond acceptors (Lipinski definition) is 5. The number of aliphatic hydroxyl groups is 2. The molecule has 0 aliphatic heterocycles. The summed E-state index contributed by atoms with van der Waals surface area (Å²) in [6.45, 7) is 6.41. The molecule has 3 unspecified atom stereocenters. The molecule has 6 heteroatoms. The van der Waals surface area contributed by atoms with Crippen molar-refractivity contribution >= 4 is 11.9 Å². The molecule has 0 aromatic carbocycles. The molecule has 0 aliphatic rings. The number of aliphatic hydroxyl groups excluding tert-OH is 2. The van der Waals surface area contributed by atoms with Gasteiger partial charge in [-0.25, -0.2) is 0 Å². The molecule has 6 nitrogen and oxygen atoms in total. The first-order valence-electron chi connectivity index (χ1n) is 25.6. The molecule has 3 N–H and O–H groups in total. The highest BCUT2D eigenvalue weighted by Gasteiger charge is 2.24. The van der Waals surface area contributed by atoms with Crippen LogP contribution in [0.1, 0.15) is 245 Å². The number of carbonyl (C=O) groups excluding carboxylic acids is 2. The lowest BCUT2D eigenvalue weighted by molar-refractivity contribution is -0.151. The summed E-state index contributed by atoms with van der Waals surface area (Å²) in [6, 6.07) is -0.709. The maximum atomic E-state index is 13.2. The molecule has 0 aromatic heterocycles. The van der Waals surface area contributed by atoms with Crippen LogP contribution in [0.25, 0.3) is 0 Å². The van der Waals surface area contributed by atoms with Gasteiger partial charge in [-0.05, 0) is 77.0 Å². The van der Waals surface area contributed by atoms with Gasteiger partial charge in [0.05, 0.1) is 25.2 Å². The fraction of sp³-hybridized carbons (Fsp3) is 0.778. The van der Waals surface area contributed by atoms with Crippen LogP contribution in [-0.4, -0.2) is 46.9 Å². The van der Waals surface area contributed by atoms with E-state index >= 15 is 0 Å². The first-order valence-corrected chi connectivity index (χ1v) is 25.6. The molecule has 60 heavy (non-hydrogen) atoms. The van der Waals surface area contributed by atoms with E-state index in [1.807, 2.05) is 0 Å². The molecule has 0 aromatic rings. The van der Waals surface area contributed by atoms with Crippen LogP contribution in [0.5, 0.6) is 0 Å². The molecule has 1 amide bonds. The molecule has 0 radical (unpaired) electrons. The SMILES string of the molecule is CCCCC/C=C/C=C/C=C/C=C/CCCCCCCC(=O)OC(CCCCCCC/C=C\CCCCCC)CC(=O)NC(CO)C(O)CCCCCCCCCCCC. The molecule has 0 heterocycles. The quantitative estimate of drug-likeness (QED) is 0.0246. The second-order valence-corrected chi connectivity index (χ2v) is 17.3. The number of ether oxygens (including phenoxy) is 1. The molecule has 0 saturated heterocycles. The molecule has 0 spiro atoms. The predicted octanol–water partition coefficient (Wildman–Crippen LogP) is 15.2. The Hall–Kier alpha value is -2.44. The Balaban J connectivity index is 4.63. The van der Waals surface area contributed by atoms with Crippen LogP contribution in [0.15, 0.2) is 60.8 Å². The number of carbonyl (C=O) groups is 2. The third-order valence-electron chi connectivity index (χ3n) is 11.4. The summed E-state index contributed by atoms with van der Waals surface area (Å²) in [5.41, 5.74) is 0. The molecule has 3 atom stereocenters. The van der Waals surface area contributed by atoms with Crippen molar-refractivity contribution in [2.75, 3.05) is 6.61 Å². The van der Waals surface area contributed by atoms with Gasteiger partial charge < -0.3 is 20.3 Å². The van der Waals surface area contributed by atoms with E-state index in [2.05, 4.69) is 86.8 Å². The first-order chi connectivity index (χ1) is 29.5. The third kappa shape index (κ3) is 42.3. The van der Waals surface area contributed by atoms with Crippen molar-refractivity contribution in [2.45, 2.75) is 264 Å². The summed E-state index contributed by atoms with van der Waals surface area (Å²) >= 11 is 0. The molecule has 0 saturated carbocycles. The van der Waals surface area contributed by atoms with Gasteiger partial charge >= 0.3 is 5.97 Å². The highest BCUT2D eigenvalue weighted by molar-refractivity contribution is 5.77. The van der Waals surface area contributed by atoms with Gasteiger partial charge in [0.25, 0.3) is 0 Å². The number of hydrogen-bond donors (Lipinski definition) is 3. The van der Waals surface area contributed by atoms with E-state index in [0.717, 1.165) is 89.9 Å². The van der Waals surface area contributed by atoms with Crippen molar-refractivity contribution in [3.8, 4) is 0 Å². The molecular formula is C54H97NO5. The van der Waals surface area contributed by atoms with Gasteiger partial charge in [-0.3, -0.25) is 9.59 Å². The second kappa shape index (κ2) is 47.6. The van der Waals surface area contributed by atoms with Gasteiger partial charge in [0.2, 0.25) is 5.91 Å². The Labute approximate surface area is 371 Å². The van der Waals surface area contributed by atoms with Gasteiger partial charge in [-0.1, -0.05) is 216 Å². The summed E-state index contributed by atoms with van der Waals surface area (Å²) in [6.07, 6.45) is 58.4. The fourth-order valence-electron chi connectivity index (χ4n) is 7.49. The average molecular weight is 840 g/mol. The maximum absolute atomic E-state index is 13.2. The molecule has 0 rings (SSSR count). The van der Waals surface area contributed by atoms with Crippen molar-refractivity contribution in [1.29, 1.82) is 0 Å². The lowest BCUT2D eigenvalue weighted by Crippen LogP contribution is -2.46. The van der Waals surface area contributed by atoms with Gasteiger partial charge in [0, 0.05) is 6.42 Å². The normalized spacial score (nSPS) is 13.8. The van der Waals surface area contributed by atoms with Crippen LogP contribution < -0.4 is 5.32 Å². The number of nitrogens with one attached hydrogen (secondary N) is 1. The van der Waals surface area contributed by atoms with Crippen LogP contribution in [0.4, 0.5) is 0 Å². The van der Waals surface area contributed by atoms with E-state index in [0.29, 0.717) is 19.3 Å². The van der Waals surface area contributed by atoms with Crippen LogP contribution in [-0.2, 0) is 14.3 Å². The Kier molecular flexibility index (Phi) is 45.7. The highest BCUT2D eigenvalue weighted by atomic mass is 16.5. The van der Waals surface area contributed by atoms with E-state index < -0.39 is 18.2 Å². The zero-order valence-corrected chi connectivity index (χ0v) is 39.6. The number of allylic oxidation sites excluding steroid dienone is 10. The molecular weight excluding hydrogens is 743 g/mol. The number of unbranched alkanes of at least 4 members (excludes halogenated alkanes) is 26. The summed E-state index contributed by atoms with van der Waals surface area (Å²) in [5.74, 6) is -0.508. The van der Waals surface area contributed by atoms with E-state index in [1.165, 1.54) is 109 Å². The van der Waals surface area contributed by atoms with Gasteiger partial charge in [-0.15, -0.1) is 0 Å². The van der Waals surface area contributed by atoms with Crippen molar-refractivity contribution in [3.05, 3.63) is 60.8 Å². The molecule has 0 aliphatic carbocycles. The average Bonchev–Trinajstić information content (AvgIpc) is 3.24. The maximum Gasteiger partial charge on any atom is 0.306 e. The summed E-state index contributed by atoms with van der Waals surface area (Å²) < 4.78 is 5.92. The Morgan fingerprint density at radius 3 is 1.38 bits per heavy atom. The predicted molar refractivity (Wildman–Crippen MR) is 259 cm³/mol. The fourth-order valence-corrected chi connectivity index (χ4v) is 7.49. The third-order valence-corrected chi connectivity index (χ3v) is 11.4. The van der Waals surface area contributed by atoms with Crippen LogP contribution in [0, 0.1) is 0 Å². The van der Waals surface area contributed by atoms with E-state index in [4.69, 9.17) is 4.74 Å². The molecule has 0 fully saturated rings. The van der Waals surface area contributed by atoms with Crippen LogP contribution in [0.2, 0.25) is 0 Å².